The molecule has 3 aromatic carbocycles. The van der Waals surface area contributed by atoms with Crippen molar-refractivity contribution in [1.29, 1.82) is 0 Å². The van der Waals surface area contributed by atoms with E-state index in [1.54, 1.807) is 18.2 Å². The number of amides is 3. The van der Waals surface area contributed by atoms with Gasteiger partial charge in [0, 0.05) is 38.1 Å². The second-order valence-corrected chi connectivity index (χ2v) is 17.1. The quantitative estimate of drug-likeness (QED) is 0.0946. The molecule has 61 heavy (non-hydrogen) atoms. The van der Waals surface area contributed by atoms with Crippen LogP contribution in [0.15, 0.2) is 72.9 Å². The van der Waals surface area contributed by atoms with Crippen LogP contribution in [0.4, 0.5) is 4.79 Å². The number of H-pyrrole nitrogens is 2. The number of rotatable bonds is 12. The van der Waals surface area contributed by atoms with Crippen LogP contribution in [-0.4, -0.2) is 97.9 Å². The molecule has 3 saturated heterocycles. The van der Waals surface area contributed by atoms with Crippen LogP contribution in [0.3, 0.4) is 0 Å². The van der Waals surface area contributed by atoms with Gasteiger partial charge in [-0.15, -0.1) is 0 Å². The molecule has 5 heterocycles. The topological polar surface area (TPSA) is 154 Å². The molecule has 8 rings (SSSR count). The van der Waals surface area contributed by atoms with Crippen molar-refractivity contribution in [2.75, 3.05) is 33.4 Å². The Labute approximate surface area is 368 Å². The number of likely N-dealkylation sites (tertiary alicyclic amines) is 2. The molecule has 319 valence electrons. The predicted octanol–water partition coefficient (Wildman–Crippen LogP) is 7.98. The number of aromatic amines is 2. The summed E-state index contributed by atoms with van der Waals surface area (Å²) < 4.78 is 10.0. The average molecular weight is 864 g/mol. The van der Waals surface area contributed by atoms with Gasteiger partial charge in [-0.25, -0.2) is 14.8 Å². The molecule has 2 aromatic heterocycles. The minimum absolute atomic E-state index is 0. The van der Waals surface area contributed by atoms with Gasteiger partial charge >= 0.3 is 12.1 Å². The first-order valence-electron chi connectivity index (χ1n) is 21.1. The Morgan fingerprint density at radius 3 is 1.98 bits per heavy atom. The van der Waals surface area contributed by atoms with Gasteiger partial charge in [0.25, 0.3) is 0 Å². The molecule has 3 aliphatic rings. The van der Waals surface area contributed by atoms with E-state index in [0.717, 1.165) is 69.0 Å². The van der Waals surface area contributed by atoms with Gasteiger partial charge in [0.15, 0.2) is 5.91 Å². The van der Waals surface area contributed by atoms with Gasteiger partial charge < -0.3 is 35.7 Å². The van der Waals surface area contributed by atoms with Gasteiger partial charge in [0.1, 0.15) is 24.3 Å². The van der Waals surface area contributed by atoms with Crippen molar-refractivity contribution in [3.8, 4) is 33.5 Å². The van der Waals surface area contributed by atoms with E-state index in [2.05, 4.69) is 84.5 Å². The Morgan fingerprint density at radius 1 is 0.836 bits per heavy atom. The van der Waals surface area contributed by atoms with E-state index in [-0.39, 0.29) is 54.8 Å². The van der Waals surface area contributed by atoms with Gasteiger partial charge in [-0.1, -0.05) is 88.2 Å². The smallest absolute Gasteiger partial charge is 0.410 e. The largest absolute Gasteiger partial charge is 0.469 e. The Hall–Kier alpha value is -5.40. The molecule has 0 unspecified atom stereocenters. The number of hydrogen-bond donors (Lipinski definition) is 2. The molecule has 3 aliphatic heterocycles. The van der Waals surface area contributed by atoms with Crippen molar-refractivity contribution in [2.45, 2.75) is 72.0 Å². The molecule has 5 aromatic rings. The normalized spacial score (nSPS) is 21.2. The molecular formula is C47H54N7O6V-. The fraction of sp³-hybridized carbons (Fsp3) is 0.426. The zero-order valence-electron chi connectivity index (χ0n) is 35.6. The minimum atomic E-state index is -0.577. The Morgan fingerprint density at radius 2 is 1.41 bits per heavy atom. The Kier molecular flexibility index (Phi) is 13.1. The predicted molar refractivity (Wildman–Crippen MR) is 228 cm³/mol. The fourth-order valence-electron chi connectivity index (χ4n) is 9.24. The number of ether oxygens (including phenoxy) is 2. The third-order valence-corrected chi connectivity index (χ3v) is 12.4. The van der Waals surface area contributed by atoms with Crippen molar-refractivity contribution in [2.24, 2.45) is 23.7 Å². The van der Waals surface area contributed by atoms with E-state index >= 15 is 0 Å². The molecular weight excluding hydrogens is 810 g/mol. The van der Waals surface area contributed by atoms with Crippen molar-refractivity contribution in [1.82, 2.24) is 34.6 Å². The Bertz CT molecular complexity index is 2380. The molecule has 0 saturated carbocycles. The van der Waals surface area contributed by atoms with Crippen LogP contribution >= 0.6 is 0 Å². The van der Waals surface area contributed by atoms with Crippen molar-refractivity contribution < 1.29 is 47.2 Å². The first-order chi connectivity index (χ1) is 28.9. The summed E-state index contributed by atoms with van der Waals surface area (Å²) in [5.74, 6) is 0.969. The number of aromatic nitrogens is 4. The van der Waals surface area contributed by atoms with Crippen LogP contribution in [0.25, 0.3) is 44.5 Å². The molecule has 3 amide bonds. The molecule has 0 aliphatic carbocycles. The summed E-state index contributed by atoms with van der Waals surface area (Å²) in [4.78, 5) is 74.1. The van der Waals surface area contributed by atoms with Crippen LogP contribution in [0.5, 0.6) is 0 Å². The number of imidazole rings is 2. The molecule has 0 bridgehead atoms. The first-order valence-corrected chi connectivity index (χ1v) is 21.1. The zero-order valence-corrected chi connectivity index (χ0v) is 37.0. The van der Waals surface area contributed by atoms with Gasteiger partial charge in [-0.3, -0.25) is 19.3 Å². The number of carbonyl (C=O) groups excluding carboxylic acids is 4. The van der Waals surface area contributed by atoms with E-state index < -0.39 is 24.0 Å². The van der Waals surface area contributed by atoms with Gasteiger partial charge in [-0.05, 0) is 70.5 Å². The first kappa shape index (κ1) is 43.7. The number of cyclic esters (lactones) is 1. The number of fused-ring (bicyclic) bond motifs is 1. The molecule has 1 radical (unpaired) electrons. The summed E-state index contributed by atoms with van der Waals surface area (Å²) in [5, 5.41) is 0. The number of nitrogens with one attached hydrogen (secondary N) is 2. The second-order valence-electron chi connectivity index (χ2n) is 17.1. The third kappa shape index (κ3) is 8.86. The number of esters is 1. The number of methoxy groups -OCH3 is 1. The van der Waals surface area contributed by atoms with Crippen molar-refractivity contribution in [3.63, 3.8) is 0 Å². The third-order valence-electron chi connectivity index (χ3n) is 12.4. The maximum Gasteiger partial charge on any atom is 0.410 e. The molecule has 14 heteroatoms. The maximum absolute atomic E-state index is 14.1. The van der Waals surface area contributed by atoms with Gasteiger partial charge in [-0.2, -0.15) is 6.92 Å². The fourth-order valence-corrected chi connectivity index (χ4v) is 9.24. The minimum Gasteiger partial charge on any atom is -0.469 e. The van der Waals surface area contributed by atoms with Gasteiger partial charge in [0.2, 0.25) is 5.91 Å². The SMILES string of the molecule is C[CH-][C@H](CC(=O)OC)C(=O)N1C[C@@H](C)C[C@H]1c1ncc(-c2ccc(-c3ccc(-c4ccc5nc([C@@H]6C[C@H](C)CN6C(=O)[C@H](C(C)C)N6CCOC6=O)[nH]c5c4)cc3)cc2)[nH]1.[V]. The summed E-state index contributed by atoms with van der Waals surface area (Å²) in [6.07, 6.45) is 4.78. The number of benzene rings is 3. The summed E-state index contributed by atoms with van der Waals surface area (Å²) in [7, 11) is 1.34. The number of hydrogen-bond acceptors (Lipinski definition) is 8. The second kappa shape index (κ2) is 18.3. The van der Waals surface area contributed by atoms with Crippen LogP contribution in [-0.2, 0) is 42.4 Å². The standard InChI is InChI=1S/C47H54N7O6.V/c1-7-30(23-41(55)59-6)45(56)53-25-28(4)20-39(53)43-48-24-38(51-43)34-14-12-32(13-15-34)31-8-10-33(11-9-31)35-16-17-36-37(22-35)50-44(49-36)40-21-29(5)26-54(40)46(57)42(27(2)3)52-18-19-60-47(52)58;/h7-17,22,24,27-30,39-40,42H,18-21,23,25-26H2,1-6H3,(H,48,51)(H,49,50);/q-1;/t28-,29-,30+,39-,40-,42-;/m0./s1. The molecule has 2 N–H and O–H groups in total. The number of carbonyl (C=O) groups is 4. The van der Waals surface area contributed by atoms with E-state index in [1.807, 2.05) is 35.9 Å². The van der Waals surface area contributed by atoms with E-state index in [1.165, 1.54) is 7.11 Å². The summed E-state index contributed by atoms with van der Waals surface area (Å²) in [6, 6.07) is 22.1. The summed E-state index contributed by atoms with van der Waals surface area (Å²) in [5.41, 5.74) is 7.91. The van der Waals surface area contributed by atoms with Gasteiger partial charge in [0.05, 0.1) is 48.7 Å². The van der Waals surface area contributed by atoms with E-state index in [0.29, 0.717) is 38.1 Å². The van der Waals surface area contributed by atoms with Crippen LogP contribution in [0.1, 0.15) is 77.6 Å². The number of nitrogens with zero attached hydrogens (tertiary/aromatic N) is 5. The summed E-state index contributed by atoms with van der Waals surface area (Å²) in [6.45, 7) is 12.0. The molecule has 0 spiro atoms. The Balaban J connectivity index is 0.00000561. The monoisotopic (exact) mass is 863 g/mol. The molecule has 3 fully saturated rings. The van der Waals surface area contributed by atoms with Crippen LogP contribution < -0.4 is 0 Å². The van der Waals surface area contributed by atoms with Crippen molar-refractivity contribution in [3.05, 3.63) is 91.0 Å². The zero-order chi connectivity index (χ0) is 42.2. The van der Waals surface area contributed by atoms with Crippen molar-refractivity contribution >= 4 is 34.9 Å². The summed E-state index contributed by atoms with van der Waals surface area (Å²) >= 11 is 0. The van der Waals surface area contributed by atoms with E-state index in [4.69, 9.17) is 19.4 Å². The maximum atomic E-state index is 14.1. The molecule has 6 atom stereocenters. The van der Waals surface area contributed by atoms with Crippen LogP contribution in [0, 0.1) is 30.1 Å². The average Bonchev–Trinajstić information content (AvgIpc) is 4.11. The van der Waals surface area contributed by atoms with Crippen LogP contribution in [0.2, 0.25) is 0 Å². The molecule has 13 nitrogen and oxygen atoms in total. The van der Waals surface area contributed by atoms with E-state index in [9.17, 15) is 19.2 Å².